The van der Waals surface area contributed by atoms with Gasteiger partial charge >= 0.3 is 16.4 Å². The lowest BCUT2D eigenvalue weighted by atomic mass is 9.97. The summed E-state index contributed by atoms with van der Waals surface area (Å²) in [4.78, 5) is 13.7. The number of piperidine rings is 2. The van der Waals surface area contributed by atoms with E-state index in [2.05, 4.69) is 14.9 Å². The van der Waals surface area contributed by atoms with E-state index >= 15 is 0 Å². The molecular formula is C13H23N5O5S. The Kier molecular flexibility index (Phi) is 4.95. The molecule has 11 heteroatoms. The Hall–Kier alpha value is -1.43. The number of fused-ring (bicyclic) bond motifs is 2. The van der Waals surface area contributed by atoms with Gasteiger partial charge in [0, 0.05) is 13.1 Å². The van der Waals surface area contributed by atoms with Crippen LogP contribution in [0.2, 0.25) is 0 Å². The minimum atomic E-state index is -4.74. The van der Waals surface area contributed by atoms with Gasteiger partial charge in [0.15, 0.2) is 0 Å². The van der Waals surface area contributed by atoms with Crippen LogP contribution >= 0.6 is 0 Å². The third-order valence-corrected chi connectivity index (χ3v) is 5.22. The van der Waals surface area contributed by atoms with Crippen LogP contribution in [-0.4, -0.2) is 73.1 Å². The van der Waals surface area contributed by atoms with E-state index in [0.29, 0.717) is 30.4 Å². The fourth-order valence-corrected chi connectivity index (χ4v) is 3.98. The maximum absolute atomic E-state index is 12.3. The summed E-state index contributed by atoms with van der Waals surface area (Å²) in [6.07, 6.45) is 3.19. The molecule has 0 aromatic carbocycles. The van der Waals surface area contributed by atoms with Crippen LogP contribution in [0.5, 0.6) is 0 Å². The molecular weight excluding hydrogens is 338 g/mol. The number of hydrogen-bond donors (Lipinski definition) is 4. The number of nitrogens with zero attached hydrogens (tertiary/aromatic N) is 2. The fraction of sp³-hybridized carbons (Fsp3) is 0.846. The number of rotatable bonds is 5. The molecule has 3 rings (SSSR count). The Morgan fingerprint density at radius 3 is 2.71 bits per heavy atom. The maximum Gasteiger partial charge on any atom is 0.418 e. The molecule has 3 heterocycles. The van der Waals surface area contributed by atoms with Crippen molar-refractivity contribution in [2.75, 3.05) is 26.2 Å². The topological polar surface area (TPSA) is 135 Å². The highest BCUT2D eigenvalue weighted by atomic mass is 32.3. The van der Waals surface area contributed by atoms with Gasteiger partial charge in [0.2, 0.25) is 0 Å². The fourth-order valence-electron chi connectivity index (χ4n) is 3.59. The first-order chi connectivity index (χ1) is 11.3. The summed E-state index contributed by atoms with van der Waals surface area (Å²) in [6, 6.07) is -1.47. The molecule has 10 nitrogen and oxygen atoms in total. The Bertz CT molecular complexity index is 606. The van der Waals surface area contributed by atoms with Crippen LogP contribution in [-0.2, 0) is 14.7 Å². The number of nitrogens with one attached hydrogen (secondary N) is 3. The van der Waals surface area contributed by atoms with Gasteiger partial charge in [-0.25, -0.2) is 4.79 Å². The van der Waals surface area contributed by atoms with Crippen molar-refractivity contribution in [1.82, 2.24) is 20.6 Å². The summed E-state index contributed by atoms with van der Waals surface area (Å²) < 4.78 is 34.9. The average molecular weight is 361 g/mol. The number of carbonyl (C=O) groups excluding carboxylic acids is 1. The molecule has 0 radical (unpaired) electrons. The zero-order valence-electron chi connectivity index (χ0n) is 13.3. The third kappa shape index (κ3) is 3.79. The molecule has 0 saturated carbocycles. The Morgan fingerprint density at radius 1 is 1.33 bits per heavy atom. The second-order valence-corrected chi connectivity index (χ2v) is 7.50. The molecule has 3 aliphatic heterocycles. The number of hydrogen-bond acceptors (Lipinski definition) is 6. The van der Waals surface area contributed by atoms with Crippen LogP contribution in [0.25, 0.3) is 0 Å². The van der Waals surface area contributed by atoms with Crippen molar-refractivity contribution in [2.24, 2.45) is 5.92 Å². The average Bonchev–Trinajstić information content (AvgIpc) is 2.77. The van der Waals surface area contributed by atoms with Gasteiger partial charge in [-0.05, 0) is 44.7 Å². The number of hydroxylamine groups is 2. The van der Waals surface area contributed by atoms with Crippen molar-refractivity contribution in [3.63, 3.8) is 0 Å². The molecule has 24 heavy (non-hydrogen) atoms. The summed E-state index contributed by atoms with van der Waals surface area (Å²) >= 11 is 0. The van der Waals surface area contributed by atoms with Crippen molar-refractivity contribution in [3.05, 3.63) is 0 Å². The molecule has 0 unspecified atom stereocenters. The van der Waals surface area contributed by atoms with E-state index in [1.54, 1.807) is 0 Å². The maximum atomic E-state index is 12.3. The summed E-state index contributed by atoms with van der Waals surface area (Å²) in [7, 11) is -4.74. The summed E-state index contributed by atoms with van der Waals surface area (Å²) in [6.45, 7) is 2.96. The monoisotopic (exact) mass is 361 g/mol. The quantitative estimate of drug-likeness (QED) is 0.296. The normalized spacial score (nSPS) is 28.3. The van der Waals surface area contributed by atoms with E-state index in [1.807, 2.05) is 0 Å². The number of carbonyl (C=O) groups is 1. The van der Waals surface area contributed by atoms with Crippen LogP contribution in [0.1, 0.15) is 25.7 Å². The lowest BCUT2D eigenvalue weighted by Crippen LogP contribution is -2.50. The van der Waals surface area contributed by atoms with E-state index in [9.17, 15) is 13.2 Å². The zero-order valence-corrected chi connectivity index (χ0v) is 14.1. The number of amidine groups is 1. The minimum Gasteiger partial charge on any atom is -0.372 e. The summed E-state index contributed by atoms with van der Waals surface area (Å²) in [5, 5.41) is 15.4. The lowest BCUT2D eigenvalue weighted by Gasteiger charge is -2.32. The van der Waals surface area contributed by atoms with Gasteiger partial charge in [-0.2, -0.15) is 13.5 Å². The minimum absolute atomic E-state index is 0.272. The SMILES string of the molecule is N=C(NCC1CCNCC1)[C@@H]1CC[C@@H]2CN1C(=O)N2OS(=O)(=O)O. The first kappa shape index (κ1) is 17.4. The molecule has 136 valence electrons. The van der Waals surface area contributed by atoms with Crippen LogP contribution < -0.4 is 10.6 Å². The molecule has 3 saturated heterocycles. The smallest absolute Gasteiger partial charge is 0.372 e. The van der Waals surface area contributed by atoms with Gasteiger partial charge in [-0.15, -0.1) is 4.28 Å². The second-order valence-electron chi connectivity index (χ2n) is 6.50. The second kappa shape index (κ2) is 6.82. The van der Waals surface area contributed by atoms with Crippen LogP contribution in [0, 0.1) is 11.3 Å². The van der Waals surface area contributed by atoms with E-state index in [1.165, 1.54) is 4.90 Å². The first-order valence-electron chi connectivity index (χ1n) is 8.15. The Morgan fingerprint density at radius 2 is 2.04 bits per heavy atom. The molecule has 2 atom stereocenters. The van der Waals surface area contributed by atoms with E-state index in [0.717, 1.165) is 25.9 Å². The molecule has 0 aliphatic carbocycles. The van der Waals surface area contributed by atoms with Gasteiger partial charge in [0.05, 0.1) is 12.1 Å². The number of urea groups is 1. The van der Waals surface area contributed by atoms with Crippen LogP contribution in [0.4, 0.5) is 4.79 Å². The van der Waals surface area contributed by atoms with Gasteiger partial charge in [0.1, 0.15) is 5.84 Å². The van der Waals surface area contributed by atoms with E-state index in [4.69, 9.17) is 9.96 Å². The van der Waals surface area contributed by atoms with E-state index in [-0.39, 0.29) is 12.4 Å². The Labute approximate surface area is 140 Å². The third-order valence-electron chi connectivity index (χ3n) is 4.87. The highest BCUT2D eigenvalue weighted by Gasteiger charge is 2.48. The highest BCUT2D eigenvalue weighted by Crippen LogP contribution is 2.30. The number of amides is 2. The van der Waals surface area contributed by atoms with Crippen LogP contribution in [0.15, 0.2) is 0 Å². The molecule has 0 aromatic rings. The zero-order chi connectivity index (χ0) is 17.3. The molecule has 2 amide bonds. The molecule has 0 spiro atoms. The standard InChI is InChI=1S/C13H23N5O5S/c14-12(16-7-9-3-5-15-6-4-9)11-2-1-10-8-17(11)13(19)18(10)23-24(20,21)22/h9-11,15H,1-8H2,(H2,14,16)(H,20,21,22)/t10-,11+/m1/s1. The van der Waals surface area contributed by atoms with Gasteiger partial charge in [-0.1, -0.05) is 0 Å². The van der Waals surface area contributed by atoms with Gasteiger partial charge in [-0.3, -0.25) is 9.96 Å². The van der Waals surface area contributed by atoms with Crippen molar-refractivity contribution in [2.45, 2.75) is 37.8 Å². The molecule has 2 bridgehead atoms. The molecule has 0 aromatic heterocycles. The van der Waals surface area contributed by atoms with E-state index < -0.39 is 28.5 Å². The van der Waals surface area contributed by atoms with Gasteiger partial charge < -0.3 is 15.5 Å². The highest BCUT2D eigenvalue weighted by molar-refractivity contribution is 7.80. The van der Waals surface area contributed by atoms with Crippen molar-refractivity contribution >= 4 is 22.3 Å². The van der Waals surface area contributed by atoms with Crippen molar-refractivity contribution in [1.29, 1.82) is 5.41 Å². The van der Waals surface area contributed by atoms with Crippen molar-refractivity contribution < 1.29 is 22.0 Å². The predicted octanol–water partition coefficient (Wildman–Crippen LogP) is -0.444. The summed E-state index contributed by atoms with van der Waals surface area (Å²) in [5.41, 5.74) is 0. The lowest BCUT2D eigenvalue weighted by molar-refractivity contribution is -0.0316. The predicted molar refractivity (Wildman–Crippen MR) is 84.7 cm³/mol. The molecule has 4 N–H and O–H groups in total. The molecule has 3 aliphatic rings. The van der Waals surface area contributed by atoms with Crippen LogP contribution in [0.3, 0.4) is 0 Å². The van der Waals surface area contributed by atoms with Gasteiger partial charge in [0.25, 0.3) is 0 Å². The Balaban J connectivity index is 1.58. The molecule has 3 fully saturated rings. The van der Waals surface area contributed by atoms with Crippen molar-refractivity contribution in [3.8, 4) is 0 Å². The largest absolute Gasteiger partial charge is 0.418 e. The summed E-state index contributed by atoms with van der Waals surface area (Å²) in [5.74, 6) is 0.783. The first-order valence-corrected chi connectivity index (χ1v) is 9.51.